The highest BCUT2D eigenvalue weighted by Crippen LogP contribution is 2.20. The fourth-order valence-corrected chi connectivity index (χ4v) is 1.95. The van der Waals surface area contributed by atoms with Crippen LogP contribution in [0.2, 0.25) is 0 Å². The fraction of sp³-hybridized carbons (Fsp3) is 0.700. The van der Waals surface area contributed by atoms with Gasteiger partial charge in [-0.3, -0.25) is 9.89 Å². The van der Waals surface area contributed by atoms with E-state index in [0.717, 1.165) is 6.42 Å². The molecule has 2 unspecified atom stereocenters. The minimum Gasteiger partial charge on any atom is -0.393 e. The van der Waals surface area contributed by atoms with E-state index in [1.807, 2.05) is 0 Å². The summed E-state index contributed by atoms with van der Waals surface area (Å²) in [6, 6.07) is 0. The molecule has 1 aromatic rings. The van der Waals surface area contributed by atoms with Gasteiger partial charge in [0.15, 0.2) is 0 Å². The number of H-pyrrole nitrogens is 1. The van der Waals surface area contributed by atoms with Crippen molar-refractivity contribution in [1.82, 2.24) is 20.1 Å². The minimum atomic E-state index is -0.369. The summed E-state index contributed by atoms with van der Waals surface area (Å²) in [6.45, 7) is 4.77. The summed E-state index contributed by atoms with van der Waals surface area (Å²) in [5.41, 5.74) is 0. The maximum Gasteiger partial charge on any atom is 0.293 e. The van der Waals surface area contributed by atoms with Crippen LogP contribution in [-0.2, 0) is 0 Å². The molecule has 1 aliphatic heterocycles. The lowest BCUT2D eigenvalue weighted by Gasteiger charge is -2.15. The van der Waals surface area contributed by atoms with Gasteiger partial charge in [0.2, 0.25) is 5.82 Å². The number of aliphatic hydroxyl groups excluding tert-OH is 1. The molecular formula is C10H16N4O2. The molecule has 2 atom stereocenters. The van der Waals surface area contributed by atoms with Gasteiger partial charge in [-0.05, 0) is 20.3 Å². The smallest absolute Gasteiger partial charge is 0.293 e. The van der Waals surface area contributed by atoms with Crippen LogP contribution in [0.25, 0.3) is 0 Å². The number of aliphatic hydroxyl groups is 1. The number of aromatic nitrogens is 3. The second-order valence-corrected chi connectivity index (χ2v) is 4.28. The normalized spacial score (nSPS) is 22.4. The Morgan fingerprint density at radius 3 is 2.94 bits per heavy atom. The van der Waals surface area contributed by atoms with Crippen molar-refractivity contribution in [3.05, 3.63) is 11.6 Å². The molecule has 16 heavy (non-hydrogen) atoms. The molecule has 0 saturated carbocycles. The van der Waals surface area contributed by atoms with E-state index >= 15 is 0 Å². The number of nitrogens with zero attached hydrogens (tertiary/aromatic N) is 3. The van der Waals surface area contributed by atoms with Gasteiger partial charge in [0.25, 0.3) is 5.91 Å². The van der Waals surface area contributed by atoms with Crippen molar-refractivity contribution in [3.63, 3.8) is 0 Å². The van der Waals surface area contributed by atoms with Crippen LogP contribution < -0.4 is 0 Å². The molecule has 88 valence electrons. The summed E-state index contributed by atoms with van der Waals surface area (Å²) in [6.07, 6.45) is 0.471. The summed E-state index contributed by atoms with van der Waals surface area (Å²) in [4.78, 5) is 17.6. The summed E-state index contributed by atoms with van der Waals surface area (Å²) in [5.74, 6) is 0.856. The molecule has 2 N–H and O–H groups in total. The number of hydrogen-bond donors (Lipinski definition) is 2. The molecule has 1 aliphatic rings. The number of rotatable bonds is 2. The zero-order chi connectivity index (χ0) is 11.7. The molecule has 0 spiro atoms. The number of aryl methyl sites for hydroxylation is 1. The molecular weight excluding hydrogens is 208 g/mol. The minimum absolute atomic E-state index is 0.160. The average molecular weight is 224 g/mol. The van der Waals surface area contributed by atoms with E-state index in [1.165, 1.54) is 0 Å². The lowest BCUT2D eigenvalue weighted by molar-refractivity contribution is 0.0751. The summed E-state index contributed by atoms with van der Waals surface area (Å²) >= 11 is 0. The molecule has 1 saturated heterocycles. The molecule has 1 fully saturated rings. The van der Waals surface area contributed by atoms with Crippen LogP contribution in [0.15, 0.2) is 0 Å². The number of likely N-dealkylation sites (tertiary alicyclic amines) is 1. The quantitative estimate of drug-likeness (QED) is 0.738. The van der Waals surface area contributed by atoms with Gasteiger partial charge >= 0.3 is 0 Å². The molecule has 0 aliphatic carbocycles. The molecule has 6 heteroatoms. The molecule has 1 amide bonds. The zero-order valence-electron chi connectivity index (χ0n) is 9.47. The first-order valence-electron chi connectivity index (χ1n) is 5.44. The number of amides is 1. The largest absolute Gasteiger partial charge is 0.393 e. The van der Waals surface area contributed by atoms with Gasteiger partial charge in [0.05, 0.1) is 6.10 Å². The lowest BCUT2D eigenvalue weighted by Crippen LogP contribution is -2.31. The second kappa shape index (κ2) is 4.21. The highest BCUT2D eigenvalue weighted by atomic mass is 16.3. The number of carbonyl (C=O) groups is 1. The lowest BCUT2D eigenvalue weighted by atomic mass is 10.0. The second-order valence-electron chi connectivity index (χ2n) is 4.28. The number of carbonyl (C=O) groups excluding carboxylic acids is 1. The van der Waals surface area contributed by atoms with Gasteiger partial charge < -0.3 is 10.0 Å². The molecule has 2 heterocycles. The Morgan fingerprint density at radius 1 is 1.69 bits per heavy atom. The van der Waals surface area contributed by atoms with Crippen LogP contribution in [-0.4, -0.2) is 50.3 Å². The topological polar surface area (TPSA) is 82.1 Å². The van der Waals surface area contributed by atoms with Crippen LogP contribution in [0.1, 0.15) is 29.8 Å². The third-order valence-corrected chi connectivity index (χ3v) is 2.98. The van der Waals surface area contributed by atoms with Crippen molar-refractivity contribution in [2.75, 3.05) is 13.1 Å². The van der Waals surface area contributed by atoms with Gasteiger partial charge in [-0.25, -0.2) is 4.98 Å². The Kier molecular flexibility index (Phi) is 2.91. The molecule has 6 nitrogen and oxygen atoms in total. The van der Waals surface area contributed by atoms with E-state index < -0.39 is 0 Å². The number of aromatic amines is 1. The van der Waals surface area contributed by atoms with Gasteiger partial charge in [0, 0.05) is 19.0 Å². The van der Waals surface area contributed by atoms with Crippen LogP contribution >= 0.6 is 0 Å². The Labute approximate surface area is 93.7 Å². The maximum atomic E-state index is 11.9. The van der Waals surface area contributed by atoms with Crippen molar-refractivity contribution < 1.29 is 9.90 Å². The maximum absolute atomic E-state index is 11.9. The molecule has 1 aromatic heterocycles. The predicted molar refractivity (Wildman–Crippen MR) is 56.8 cm³/mol. The van der Waals surface area contributed by atoms with E-state index in [9.17, 15) is 9.90 Å². The van der Waals surface area contributed by atoms with Crippen molar-refractivity contribution in [1.29, 1.82) is 0 Å². The van der Waals surface area contributed by atoms with E-state index in [-0.39, 0.29) is 23.8 Å². The Bertz CT molecular complexity index is 388. The monoisotopic (exact) mass is 224 g/mol. The summed E-state index contributed by atoms with van der Waals surface area (Å²) in [7, 11) is 0. The summed E-state index contributed by atoms with van der Waals surface area (Å²) in [5, 5.41) is 15.9. The SMILES string of the molecule is Cc1nc(C(=O)N2CCC(C(C)O)C2)n[nH]1. The fourth-order valence-electron chi connectivity index (χ4n) is 1.95. The first kappa shape index (κ1) is 11.1. The van der Waals surface area contributed by atoms with Crippen LogP contribution in [0.4, 0.5) is 0 Å². The average Bonchev–Trinajstić information content (AvgIpc) is 2.84. The Morgan fingerprint density at radius 2 is 2.44 bits per heavy atom. The number of hydrogen-bond acceptors (Lipinski definition) is 4. The third-order valence-electron chi connectivity index (χ3n) is 2.98. The predicted octanol–water partition coefficient (Wildman–Crippen LogP) is -0.0440. The zero-order valence-corrected chi connectivity index (χ0v) is 9.47. The summed E-state index contributed by atoms with van der Waals surface area (Å²) < 4.78 is 0. The molecule has 0 aromatic carbocycles. The van der Waals surface area contributed by atoms with Gasteiger partial charge in [0.1, 0.15) is 5.82 Å². The van der Waals surface area contributed by atoms with Crippen molar-refractivity contribution in [2.24, 2.45) is 5.92 Å². The standard InChI is InChI=1S/C10H16N4O2/c1-6(15)8-3-4-14(5-8)10(16)9-11-7(2)12-13-9/h6,8,15H,3-5H2,1-2H3,(H,11,12,13). The highest BCUT2D eigenvalue weighted by molar-refractivity contribution is 5.90. The van der Waals surface area contributed by atoms with E-state index in [4.69, 9.17) is 0 Å². The third kappa shape index (κ3) is 2.06. The van der Waals surface area contributed by atoms with Crippen molar-refractivity contribution in [3.8, 4) is 0 Å². The van der Waals surface area contributed by atoms with E-state index in [2.05, 4.69) is 15.2 Å². The first-order chi connectivity index (χ1) is 7.58. The Balaban J connectivity index is 2.02. The van der Waals surface area contributed by atoms with Crippen LogP contribution in [0.5, 0.6) is 0 Å². The van der Waals surface area contributed by atoms with E-state index in [0.29, 0.717) is 18.9 Å². The van der Waals surface area contributed by atoms with E-state index in [1.54, 1.807) is 18.7 Å². The van der Waals surface area contributed by atoms with Gasteiger partial charge in [-0.15, -0.1) is 5.10 Å². The van der Waals surface area contributed by atoms with Crippen LogP contribution in [0, 0.1) is 12.8 Å². The van der Waals surface area contributed by atoms with Crippen LogP contribution in [0.3, 0.4) is 0 Å². The van der Waals surface area contributed by atoms with Crippen molar-refractivity contribution >= 4 is 5.91 Å². The van der Waals surface area contributed by atoms with Gasteiger partial charge in [-0.2, -0.15) is 0 Å². The number of nitrogens with one attached hydrogen (secondary N) is 1. The van der Waals surface area contributed by atoms with Gasteiger partial charge in [-0.1, -0.05) is 0 Å². The Hall–Kier alpha value is -1.43. The molecule has 0 bridgehead atoms. The first-order valence-corrected chi connectivity index (χ1v) is 5.44. The highest BCUT2D eigenvalue weighted by Gasteiger charge is 2.30. The molecule has 2 rings (SSSR count). The molecule has 0 radical (unpaired) electrons. The van der Waals surface area contributed by atoms with Crippen molar-refractivity contribution in [2.45, 2.75) is 26.4 Å².